The average molecular weight is 285 g/mol. The highest BCUT2D eigenvalue weighted by Crippen LogP contribution is 2.17. The van der Waals surface area contributed by atoms with Crippen LogP contribution in [0, 0.1) is 0 Å². The number of halogens is 2. The normalized spacial score (nSPS) is 10.1. The molecule has 0 saturated heterocycles. The van der Waals surface area contributed by atoms with Crippen LogP contribution in [0.3, 0.4) is 0 Å². The van der Waals surface area contributed by atoms with Gasteiger partial charge in [0.15, 0.2) is 5.15 Å². The van der Waals surface area contributed by atoms with Gasteiger partial charge in [-0.25, -0.2) is 9.97 Å². The molecule has 0 aliphatic carbocycles. The third kappa shape index (κ3) is 3.75. The topological polar surface area (TPSA) is 44.2 Å². The molecule has 1 aromatic heterocycles. The Morgan fingerprint density at radius 1 is 0.889 bits per heavy atom. The Balaban J connectivity index is 1.76. The Hall–Kier alpha value is -1.52. The smallest absolute Gasteiger partial charge is 0.252 e. The quantitative estimate of drug-likeness (QED) is 0.791. The summed E-state index contributed by atoms with van der Waals surface area (Å²) < 4.78 is 10.8. The fraction of sp³-hybridized carbons (Fsp3) is 0.167. The molecule has 0 spiro atoms. The number of ether oxygens (including phenoxy) is 2. The number of benzene rings is 1. The summed E-state index contributed by atoms with van der Waals surface area (Å²) in [6.45, 7) is 0.718. The minimum Gasteiger partial charge on any atom is -0.490 e. The van der Waals surface area contributed by atoms with Gasteiger partial charge in [-0.05, 0) is 24.3 Å². The minimum absolute atomic E-state index is 0.240. The van der Waals surface area contributed by atoms with E-state index in [4.69, 9.17) is 32.7 Å². The maximum absolute atomic E-state index is 5.78. The van der Waals surface area contributed by atoms with E-state index in [1.54, 1.807) is 24.3 Å². The Labute approximate surface area is 114 Å². The fourth-order valence-electron chi connectivity index (χ4n) is 1.23. The Kier molecular flexibility index (Phi) is 4.61. The third-order valence-corrected chi connectivity index (χ3v) is 2.54. The molecular weight excluding hydrogens is 275 g/mol. The molecule has 0 saturated carbocycles. The fourth-order valence-corrected chi connectivity index (χ4v) is 1.52. The van der Waals surface area contributed by atoms with Gasteiger partial charge in [-0.1, -0.05) is 23.2 Å². The van der Waals surface area contributed by atoms with Crippen LogP contribution in [0.25, 0.3) is 0 Å². The molecule has 2 aromatic rings. The first-order valence-electron chi connectivity index (χ1n) is 5.23. The number of nitrogens with zero attached hydrogens (tertiary/aromatic N) is 2. The van der Waals surface area contributed by atoms with Crippen molar-refractivity contribution in [2.24, 2.45) is 0 Å². The van der Waals surface area contributed by atoms with Gasteiger partial charge in [0, 0.05) is 17.4 Å². The van der Waals surface area contributed by atoms with E-state index < -0.39 is 0 Å². The van der Waals surface area contributed by atoms with Crippen molar-refractivity contribution in [2.75, 3.05) is 13.2 Å². The molecule has 0 N–H and O–H groups in total. The van der Waals surface area contributed by atoms with Gasteiger partial charge in [-0.2, -0.15) is 0 Å². The SMILES string of the molecule is Clc1ccc(OCCOc2nccnc2Cl)cc1. The van der Waals surface area contributed by atoms with E-state index in [0.717, 1.165) is 5.75 Å². The molecule has 6 heteroatoms. The van der Waals surface area contributed by atoms with E-state index in [-0.39, 0.29) is 5.15 Å². The summed E-state index contributed by atoms with van der Waals surface area (Å²) in [5.41, 5.74) is 0. The lowest BCUT2D eigenvalue weighted by atomic mass is 10.3. The third-order valence-electron chi connectivity index (χ3n) is 2.03. The van der Waals surface area contributed by atoms with E-state index in [9.17, 15) is 0 Å². The van der Waals surface area contributed by atoms with Crippen molar-refractivity contribution < 1.29 is 9.47 Å². The molecule has 4 nitrogen and oxygen atoms in total. The second-order valence-electron chi connectivity index (χ2n) is 3.30. The highest BCUT2D eigenvalue weighted by Gasteiger charge is 2.02. The van der Waals surface area contributed by atoms with Gasteiger partial charge >= 0.3 is 0 Å². The molecular formula is C12H10Cl2N2O2. The predicted molar refractivity (Wildman–Crippen MR) is 69.5 cm³/mol. The monoisotopic (exact) mass is 284 g/mol. The highest BCUT2D eigenvalue weighted by molar-refractivity contribution is 6.30. The van der Waals surface area contributed by atoms with E-state index in [2.05, 4.69) is 9.97 Å². The summed E-state index contributed by atoms with van der Waals surface area (Å²) in [6, 6.07) is 7.10. The summed E-state index contributed by atoms with van der Waals surface area (Å²) >= 11 is 11.5. The lowest BCUT2D eigenvalue weighted by molar-refractivity contribution is 0.211. The van der Waals surface area contributed by atoms with Gasteiger partial charge in [-0.3, -0.25) is 0 Å². The first-order chi connectivity index (χ1) is 8.75. The predicted octanol–water partition coefficient (Wildman–Crippen LogP) is 3.24. The van der Waals surface area contributed by atoms with Crippen molar-refractivity contribution in [3.05, 3.63) is 46.8 Å². The van der Waals surface area contributed by atoms with Crippen LogP contribution in [0.2, 0.25) is 10.2 Å². The summed E-state index contributed by atoms with van der Waals surface area (Å²) in [4.78, 5) is 7.79. The molecule has 94 valence electrons. The lowest BCUT2D eigenvalue weighted by Gasteiger charge is -2.08. The first kappa shape index (κ1) is 12.9. The van der Waals surface area contributed by atoms with Gasteiger partial charge < -0.3 is 9.47 Å². The average Bonchev–Trinajstić information content (AvgIpc) is 2.39. The standard InChI is InChI=1S/C12H10Cl2N2O2/c13-9-1-3-10(4-2-9)17-7-8-18-12-11(14)15-5-6-16-12/h1-6H,7-8H2. The molecule has 18 heavy (non-hydrogen) atoms. The molecule has 2 rings (SSSR count). The van der Waals surface area contributed by atoms with Crippen LogP contribution in [-0.4, -0.2) is 23.2 Å². The van der Waals surface area contributed by atoms with E-state index in [0.29, 0.717) is 24.1 Å². The van der Waals surface area contributed by atoms with Crippen LogP contribution >= 0.6 is 23.2 Å². The maximum Gasteiger partial charge on any atom is 0.252 e. The van der Waals surface area contributed by atoms with Gasteiger partial charge in [-0.15, -0.1) is 0 Å². The minimum atomic E-state index is 0.240. The highest BCUT2D eigenvalue weighted by atomic mass is 35.5. The zero-order valence-corrected chi connectivity index (χ0v) is 10.9. The van der Waals surface area contributed by atoms with E-state index in [1.165, 1.54) is 12.4 Å². The van der Waals surface area contributed by atoms with Crippen molar-refractivity contribution in [1.82, 2.24) is 9.97 Å². The van der Waals surface area contributed by atoms with Gasteiger partial charge in [0.2, 0.25) is 0 Å². The van der Waals surface area contributed by atoms with Crippen LogP contribution in [-0.2, 0) is 0 Å². The molecule has 0 fully saturated rings. The number of aromatic nitrogens is 2. The summed E-state index contributed by atoms with van der Waals surface area (Å²) in [5, 5.41) is 0.911. The van der Waals surface area contributed by atoms with E-state index >= 15 is 0 Å². The molecule has 0 bridgehead atoms. The zero-order chi connectivity index (χ0) is 12.8. The van der Waals surface area contributed by atoms with Crippen molar-refractivity contribution in [3.8, 4) is 11.6 Å². The first-order valence-corrected chi connectivity index (χ1v) is 5.99. The second-order valence-corrected chi connectivity index (χ2v) is 4.10. The summed E-state index contributed by atoms with van der Waals surface area (Å²) in [6.07, 6.45) is 3.01. The van der Waals surface area contributed by atoms with Crippen LogP contribution in [0.1, 0.15) is 0 Å². The van der Waals surface area contributed by atoms with Crippen molar-refractivity contribution in [3.63, 3.8) is 0 Å². The molecule has 1 aromatic carbocycles. The van der Waals surface area contributed by atoms with Crippen LogP contribution in [0.4, 0.5) is 0 Å². The summed E-state index contributed by atoms with van der Waals surface area (Å²) in [5.74, 6) is 1.03. The van der Waals surface area contributed by atoms with Gasteiger partial charge in [0.05, 0.1) is 0 Å². The number of hydrogen-bond donors (Lipinski definition) is 0. The molecule has 0 aliphatic heterocycles. The van der Waals surface area contributed by atoms with Gasteiger partial charge in [0.25, 0.3) is 5.88 Å². The zero-order valence-electron chi connectivity index (χ0n) is 9.35. The molecule has 0 unspecified atom stereocenters. The van der Waals surface area contributed by atoms with Crippen molar-refractivity contribution in [2.45, 2.75) is 0 Å². The molecule has 0 amide bonds. The van der Waals surface area contributed by atoms with Crippen LogP contribution in [0.5, 0.6) is 11.6 Å². The molecule has 0 aliphatic rings. The van der Waals surface area contributed by atoms with Crippen LogP contribution in [0.15, 0.2) is 36.7 Å². The Bertz CT molecular complexity index is 506. The number of rotatable bonds is 5. The second kappa shape index (κ2) is 6.42. The largest absolute Gasteiger partial charge is 0.490 e. The molecule has 0 radical (unpaired) electrons. The van der Waals surface area contributed by atoms with Gasteiger partial charge in [0.1, 0.15) is 19.0 Å². The van der Waals surface area contributed by atoms with Crippen LogP contribution < -0.4 is 9.47 Å². The molecule has 0 atom stereocenters. The van der Waals surface area contributed by atoms with E-state index in [1.807, 2.05) is 0 Å². The van der Waals surface area contributed by atoms with Crippen molar-refractivity contribution in [1.29, 1.82) is 0 Å². The summed E-state index contributed by atoms with van der Waals surface area (Å²) in [7, 11) is 0. The lowest BCUT2D eigenvalue weighted by Crippen LogP contribution is -2.10. The maximum atomic E-state index is 5.78. The number of hydrogen-bond acceptors (Lipinski definition) is 4. The van der Waals surface area contributed by atoms with Crippen molar-refractivity contribution >= 4 is 23.2 Å². The molecule has 1 heterocycles. The Morgan fingerprint density at radius 2 is 1.56 bits per heavy atom. The Morgan fingerprint density at radius 3 is 2.28 bits per heavy atom.